The Labute approximate surface area is 149 Å². The fourth-order valence-corrected chi connectivity index (χ4v) is 1.86. The molecule has 0 aliphatic rings. The lowest BCUT2D eigenvalue weighted by atomic mass is 10.2. The molecule has 0 rings (SSSR count). The summed E-state index contributed by atoms with van der Waals surface area (Å²) in [5, 5.41) is -7.31. The number of rotatable bonds is 9. The number of halogens is 14. The fourth-order valence-electron chi connectivity index (χ4n) is 1.09. The summed E-state index contributed by atoms with van der Waals surface area (Å²) in [7, 11) is -7.58. The molecule has 0 aliphatic carbocycles. The Balaban J connectivity index is 6.23. The molecule has 0 aromatic carbocycles. The summed E-state index contributed by atoms with van der Waals surface area (Å²) in [4.78, 5) is 0. The summed E-state index contributed by atoms with van der Waals surface area (Å²) in [6.07, 6.45) is -27.6. The summed E-state index contributed by atoms with van der Waals surface area (Å²) in [6, 6.07) is -2.97. The van der Waals surface area contributed by atoms with E-state index in [2.05, 4.69) is 8.92 Å². The van der Waals surface area contributed by atoms with Crippen LogP contribution in [-0.2, 0) is 23.8 Å². The molecule has 0 aromatic heterocycles. The third-order valence-electron chi connectivity index (χ3n) is 2.28. The topological polar surface area (TPSA) is 61.8 Å². The Kier molecular flexibility index (Phi) is 7.19. The van der Waals surface area contributed by atoms with Crippen LogP contribution in [0.25, 0.3) is 0 Å². The molecule has 0 amide bonds. The molecule has 0 bridgehead atoms. The Morgan fingerprint density at radius 2 is 1.21 bits per heavy atom. The molecule has 1 unspecified atom stereocenters. The molecule has 0 heterocycles. The van der Waals surface area contributed by atoms with E-state index in [1.54, 1.807) is 11.3 Å². The highest BCUT2D eigenvalue weighted by Gasteiger charge is 2.82. The van der Waals surface area contributed by atoms with Crippen LogP contribution in [0.15, 0.2) is 12.6 Å². The minimum absolute atomic E-state index is 1.64. The molecular formula is C9H4F14O5S. The molecule has 1 atom stereocenters. The third-order valence-corrected chi connectivity index (χ3v) is 3.57. The van der Waals surface area contributed by atoms with Gasteiger partial charge in [-0.05, 0) is 6.58 Å². The first-order valence-corrected chi connectivity index (χ1v) is 7.32. The van der Waals surface area contributed by atoms with Gasteiger partial charge in [0.25, 0.3) is 6.01 Å². The van der Waals surface area contributed by atoms with Crippen LogP contribution in [-0.4, -0.2) is 50.7 Å². The van der Waals surface area contributed by atoms with Crippen molar-refractivity contribution in [2.45, 2.75) is 35.7 Å². The van der Waals surface area contributed by atoms with Crippen molar-refractivity contribution in [3.63, 3.8) is 0 Å². The maximum Gasteiger partial charge on any atom is 0.471 e. The summed E-state index contributed by atoms with van der Waals surface area (Å²) >= 11 is 0. The Morgan fingerprint density at radius 1 is 0.793 bits per heavy atom. The Morgan fingerprint density at radius 3 is 1.52 bits per heavy atom. The van der Waals surface area contributed by atoms with Crippen molar-refractivity contribution in [3.05, 3.63) is 12.6 Å². The van der Waals surface area contributed by atoms with E-state index >= 15 is 0 Å². The Hall–Kier alpha value is -1.57. The molecule has 0 aliphatic heterocycles. The van der Waals surface area contributed by atoms with E-state index in [9.17, 15) is 69.9 Å². The largest absolute Gasteiger partial charge is 0.471 e. The van der Waals surface area contributed by atoms with Crippen LogP contribution in [0, 0.1) is 0 Å². The fraction of sp³-hybridized carbons (Fsp3) is 0.778. The second-order valence-corrected chi connectivity index (χ2v) is 6.19. The van der Waals surface area contributed by atoms with Crippen molar-refractivity contribution in [3.8, 4) is 0 Å². The highest BCUT2D eigenvalue weighted by atomic mass is 32.2. The van der Waals surface area contributed by atoms with Crippen LogP contribution < -0.4 is 0 Å². The number of hydrogen-bond acceptors (Lipinski definition) is 5. The minimum atomic E-state index is -7.58. The van der Waals surface area contributed by atoms with Crippen molar-refractivity contribution in [1.29, 1.82) is 0 Å². The first-order valence-electron chi connectivity index (χ1n) is 5.91. The van der Waals surface area contributed by atoms with Crippen LogP contribution in [0.4, 0.5) is 61.5 Å². The van der Waals surface area contributed by atoms with Crippen LogP contribution in [0.3, 0.4) is 0 Å². The van der Waals surface area contributed by atoms with Crippen LogP contribution >= 0.6 is 0 Å². The normalized spacial score (nSPS) is 17.0. The van der Waals surface area contributed by atoms with Crippen LogP contribution in [0.5, 0.6) is 0 Å². The van der Waals surface area contributed by atoms with Crippen molar-refractivity contribution in [2.24, 2.45) is 0 Å². The van der Waals surface area contributed by atoms with E-state index in [-0.39, 0.29) is 0 Å². The van der Waals surface area contributed by atoms with Gasteiger partial charge in [-0.3, -0.25) is 8.92 Å². The van der Waals surface area contributed by atoms with Crippen molar-refractivity contribution in [1.82, 2.24) is 0 Å². The van der Waals surface area contributed by atoms with Gasteiger partial charge in [0.15, 0.2) is 6.61 Å². The number of ether oxygens (including phenoxy) is 2. The first-order chi connectivity index (χ1) is 12.3. The second-order valence-electron chi connectivity index (χ2n) is 4.53. The molecule has 174 valence electrons. The maximum atomic E-state index is 13.6. The van der Waals surface area contributed by atoms with Crippen molar-refractivity contribution < 1.29 is 83.5 Å². The predicted octanol–water partition coefficient (Wildman–Crippen LogP) is 4.38. The molecule has 5 nitrogen and oxygen atoms in total. The van der Waals surface area contributed by atoms with Crippen LogP contribution in [0.2, 0.25) is 0 Å². The Bertz CT molecular complexity index is 710. The molecule has 0 aromatic rings. The lowest BCUT2D eigenvalue weighted by molar-refractivity contribution is -0.510. The monoisotopic (exact) mass is 490 g/mol. The number of hydrogen-bond donors (Lipinski definition) is 0. The lowest BCUT2D eigenvalue weighted by Crippen LogP contribution is -2.64. The van der Waals surface area contributed by atoms with Gasteiger partial charge in [0.2, 0.25) is 0 Å². The van der Waals surface area contributed by atoms with E-state index in [0.717, 1.165) is 0 Å². The third kappa shape index (κ3) is 5.74. The highest BCUT2D eigenvalue weighted by Crippen LogP contribution is 2.53. The smallest absolute Gasteiger partial charge is 0.402 e. The van der Waals surface area contributed by atoms with Gasteiger partial charge >= 0.3 is 45.8 Å². The molecule has 0 fully saturated rings. The molecule has 0 saturated heterocycles. The minimum Gasteiger partial charge on any atom is -0.402 e. The van der Waals surface area contributed by atoms with E-state index in [4.69, 9.17) is 0 Å². The van der Waals surface area contributed by atoms with E-state index in [1.165, 1.54) is 0 Å². The average Bonchev–Trinajstić information content (AvgIpc) is 2.40. The van der Waals surface area contributed by atoms with Gasteiger partial charge < -0.3 is 4.74 Å². The van der Waals surface area contributed by atoms with Crippen LogP contribution in [0.1, 0.15) is 0 Å². The van der Waals surface area contributed by atoms with Gasteiger partial charge in [0.1, 0.15) is 0 Å². The summed E-state index contributed by atoms with van der Waals surface area (Å²) in [5.41, 5.74) is 0. The standard InChI is InChI=1S/C9H4F14O5S/c1-3(10)27-7(18,19)5(14,6(15,16)17)28-8(20,21)9(22,23)29(24,25)26-2-4(11,12)13/h1-2H2. The van der Waals surface area contributed by atoms with Gasteiger partial charge in [-0.1, -0.05) is 0 Å². The lowest BCUT2D eigenvalue weighted by Gasteiger charge is -2.36. The zero-order valence-electron chi connectivity index (χ0n) is 12.7. The summed E-state index contributed by atoms with van der Waals surface area (Å²) in [6.45, 7) is -1.47. The molecule has 0 N–H and O–H groups in total. The van der Waals surface area contributed by atoms with Gasteiger partial charge in [-0.25, -0.2) is 0 Å². The molecule has 0 spiro atoms. The second kappa shape index (κ2) is 7.60. The van der Waals surface area contributed by atoms with Crippen molar-refractivity contribution >= 4 is 10.1 Å². The average molecular weight is 490 g/mol. The zero-order chi connectivity index (χ0) is 23.9. The summed E-state index contributed by atoms with van der Waals surface area (Å²) < 4.78 is 205. The van der Waals surface area contributed by atoms with E-state index in [1.807, 2.05) is 0 Å². The van der Waals surface area contributed by atoms with Gasteiger partial charge in [0, 0.05) is 0 Å². The molecular weight excluding hydrogens is 486 g/mol. The van der Waals surface area contributed by atoms with Gasteiger partial charge in [-0.2, -0.15) is 69.9 Å². The zero-order valence-corrected chi connectivity index (χ0v) is 13.5. The predicted molar refractivity (Wildman–Crippen MR) is 58.1 cm³/mol. The van der Waals surface area contributed by atoms with Gasteiger partial charge in [0.05, 0.1) is 0 Å². The van der Waals surface area contributed by atoms with E-state index in [0.29, 0.717) is 0 Å². The molecule has 0 radical (unpaired) electrons. The van der Waals surface area contributed by atoms with Crippen molar-refractivity contribution in [2.75, 3.05) is 6.61 Å². The molecule has 20 heteroatoms. The first kappa shape index (κ1) is 27.4. The molecule has 29 heavy (non-hydrogen) atoms. The number of alkyl halides is 13. The quantitative estimate of drug-likeness (QED) is 0.273. The molecule has 0 saturated carbocycles. The maximum absolute atomic E-state index is 13.6. The summed E-state index contributed by atoms with van der Waals surface area (Å²) in [5.74, 6) is -7.37. The highest BCUT2D eigenvalue weighted by molar-refractivity contribution is 7.87. The van der Waals surface area contributed by atoms with Gasteiger partial charge in [-0.15, -0.1) is 0 Å². The SMILES string of the molecule is C=C(F)OC(F)(F)C(F)(OC(F)(F)C(F)(F)S(=O)(=O)OCC(F)(F)F)C(F)(F)F. The van der Waals surface area contributed by atoms with E-state index < -0.39 is 58.4 Å².